The van der Waals surface area contributed by atoms with Crippen LogP contribution in [0.3, 0.4) is 0 Å². The second kappa shape index (κ2) is 11.2. The molecule has 0 amide bonds. The number of carbonyl (C=O) groups excluding carboxylic acids is 1. The molecule has 0 saturated heterocycles. The van der Waals surface area contributed by atoms with Crippen molar-refractivity contribution in [3.05, 3.63) is 34.2 Å². The second-order valence-corrected chi connectivity index (χ2v) is 8.62. The summed E-state index contributed by atoms with van der Waals surface area (Å²) in [7, 11) is 0. The lowest BCUT2D eigenvalue weighted by Gasteiger charge is -2.16. The Morgan fingerprint density at radius 3 is 1.89 bits per heavy atom. The van der Waals surface area contributed by atoms with E-state index in [1.807, 2.05) is 18.2 Å². The largest absolute Gasteiger partial charge is 0.323 e. The third-order valence-corrected chi connectivity index (χ3v) is 6.30. The van der Waals surface area contributed by atoms with Crippen LogP contribution in [0.4, 0.5) is 0 Å². The number of Topliss-reactive ketones (excluding diaryl/α,β-unsaturated/α-hetero) is 1. The molecular formula is C24H36N2O2. The molecule has 154 valence electrons. The Hall–Kier alpha value is -1.84. The van der Waals surface area contributed by atoms with Crippen molar-refractivity contribution in [2.24, 2.45) is 5.92 Å². The number of ketones is 1. The summed E-state index contributed by atoms with van der Waals surface area (Å²) < 4.78 is 0. The number of carbonyl (C=O) groups is 1. The van der Waals surface area contributed by atoms with Crippen molar-refractivity contribution in [2.75, 3.05) is 0 Å². The van der Waals surface area contributed by atoms with Crippen LogP contribution in [0, 0.1) is 5.92 Å². The molecule has 3 rings (SSSR count). The highest BCUT2D eigenvalue weighted by Crippen LogP contribution is 2.26. The Bertz CT molecular complexity index is 773. The summed E-state index contributed by atoms with van der Waals surface area (Å²) >= 11 is 0. The van der Waals surface area contributed by atoms with Crippen LogP contribution in [0.5, 0.6) is 0 Å². The highest BCUT2D eigenvalue weighted by Gasteiger charge is 2.18. The molecule has 0 unspecified atom stereocenters. The first kappa shape index (κ1) is 20.9. The van der Waals surface area contributed by atoms with Gasteiger partial charge in [0.25, 0.3) is 0 Å². The number of para-hydroxylation sites is 1. The molecule has 0 spiro atoms. The molecule has 1 heterocycles. The summed E-state index contributed by atoms with van der Waals surface area (Å²) in [5, 5.41) is 0. The van der Waals surface area contributed by atoms with E-state index in [2.05, 4.69) is 9.97 Å². The number of aromatic nitrogens is 2. The lowest BCUT2D eigenvalue weighted by molar-refractivity contribution is 0.0956. The van der Waals surface area contributed by atoms with Crippen molar-refractivity contribution >= 4 is 16.8 Å². The lowest BCUT2D eigenvalue weighted by Crippen LogP contribution is -2.10. The van der Waals surface area contributed by atoms with Gasteiger partial charge in [-0.1, -0.05) is 96.0 Å². The highest BCUT2D eigenvalue weighted by atomic mass is 16.1. The number of imidazole rings is 1. The fourth-order valence-electron chi connectivity index (χ4n) is 4.65. The van der Waals surface area contributed by atoms with Crippen LogP contribution in [0.2, 0.25) is 0 Å². The van der Waals surface area contributed by atoms with Crippen LogP contribution >= 0.6 is 0 Å². The standard InChI is InChI=1S/C24H36N2O2/c27-22(20-16-13-17-21-23(20)26-24(28)25-21)18-19-14-11-9-7-5-3-1-2-4-6-8-10-12-15-19/h13,16-17,19H,1-12,14-15,18H2,(H2,25,26,28). The molecular weight excluding hydrogens is 348 g/mol. The van der Waals surface area contributed by atoms with Crippen LogP contribution in [-0.2, 0) is 0 Å². The van der Waals surface area contributed by atoms with Gasteiger partial charge >= 0.3 is 5.69 Å². The maximum atomic E-state index is 13.0. The van der Waals surface area contributed by atoms with Crippen molar-refractivity contribution in [1.29, 1.82) is 0 Å². The molecule has 0 radical (unpaired) electrons. The first-order valence-electron chi connectivity index (χ1n) is 11.5. The lowest BCUT2D eigenvalue weighted by atomic mass is 9.88. The number of hydrogen-bond acceptors (Lipinski definition) is 2. The number of rotatable bonds is 3. The van der Waals surface area contributed by atoms with Gasteiger partial charge in [0, 0.05) is 12.0 Å². The molecule has 4 nitrogen and oxygen atoms in total. The van der Waals surface area contributed by atoms with Gasteiger partial charge in [0.15, 0.2) is 5.78 Å². The number of aromatic amines is 2. The summed E-state index contributed by atoms with van der Waals surface area (Å²) in [6, 6.07) is 5.55. The van der Waals surface area contributed by atoms with Gasteiger partial charge < -0.3 is 9.97 Å². The normalized spacial score (nSPS) is 19.1. The first-order chi connectivity index (χ1) is 13.7. The van der Waals surface area contributed by atoms with E-state index in [0.29, 0.717) is 23.4 Å². The van der Waals surface area contributed by atoms with E-state index >= 15 is 0 Å². The molecule has 0 atom stereocenters. The molecule has 2 aromatic rings. The van der Waals surface area contributed by atoms with E-state index < -0.39 is 0 Å². The maximum Gasteiger partial charge on any atom is 0.323 e. The minimum absolute atomic E-state index is 0.170. The SMILES string of the molecule is O=C(CC1CCCCCCCCCCCCCC1)c1cccc2[nH]c(=O)[nH]c12. The predicted molar refractivity (Wildman–Crippen MR) is 116 cm³/mol. The summed E-state index contributed by atoms with van der Waals surface area (Å²) in [6.07, 6.45) is 19.0. The molecule has 1 saturated carbocycles. The molecule has 0 bridgehead atoms. The van der Waals surface area contributed by atoms with Gasteiger partial charge in [0.1, 0.15) is 0 Å². The van der Waals surface area contributed by atoms with Crippen LogP contribution in [-0.4, -0.2) is 15.8 Å². The number of H-pyrrole nitrogens is 2. The minimum Gasteiger partial charge on any atom is -0.306 e. The van der Waals surface area contributed by atoms with E-state index in [4.69, 9.17) is 0 Å². The van der Waals surface area contributed by atoms with Gasteiger partial charge in [-0.25, -0.2) is 4.79 Å². The van der Waals surface area contributed by atoms with E-state index in [0.717, 1.165) is 18.4 Å². The molecule has 1 aromatic heterocycles. The topological polar surface area (TPSA) is 65.7 Å². The van der Waals surface area contributed by atoms with Crippen molar-refractivity contribution in [2.45, 2.75) is 96.3 Å². The fraction of sp³-hybridized carbons (Fsp3) is 0.667. The Morgan fingerprint density at radius 1 is 0.786 bits per heavy atom. The molecule has 0 aliphatic heterocycles. The smallest absolute Gasteiger partial charge is 0.306 e. The Morgan fingerprint density at radius 2 is 1.32 bits per heavy atom. The number of benzene rings is 1. The van der Waals surface area contributed by atoms with Gasteiger partial charge in [-0.05, 0) is 18.1 Å². The van der Waals surface area contributed by atoms with Crippen molar-refractivity contribution in [3.8, 4) is 0 Å². The second-order valence-electron chi connectivity index (χ2n) is 8.62. The molecule has 28 heavy (non-hydrogen) atoms. The summed E-state index contributed by atoms with van der Waals surface area (Å²) in [5.74, 6) is 0.641. The summed E-state index contributed by atoms with van der Waals surface area (Å²) in [5.41, 5.74) is 1.79. The molecule has 4 heteroatoms. The van der Waals surface area contributed by atoms with Crippen LogP contribution in [0.25, 0.3) is 11.0 Å². The van der Waals surface area contributed by atoms with E-state index in [9.17, 15) is 9.59 Å². The Balaban J connectivity index is 1.61. The number of fused-ring (bicyclic) bond motifs is 1. The molecule has 1 aromatic carbocycles. The van der Waals surface area contributed by atoms with Crippen molar-refractivity contribution in [1.82, 2.24) is 9.97 Å². The average molecular weight is 385 g/mol. The summed E-state index contributed by atoms with van der Waals surface area (Å²) in [6.45, 7) is 0. The van der Waals surface area contributed by atoms with Gasteiger partial charge in [-0.3, -0.25) is 4.79 Å². The number of nitrogens with one attached hydrogen (secondary N) is 2. The average Bonchev–Trinajstić information content (AvgIpc) is 3.06. The van der Waals surface area contributed by atoms with Gasteiger partial charge in [-0.15, -0.1) is 0 Å². The number of hydrogen-bond donors (Lipinski definition) is 2. The third-order valence-electron chi connectivity index (χ3n) is 6.30. The Labute approximate surface area is 168 Å². The molecule has 1 aliphatic rings. The maximum absolute atomic E-state index is 13.0. The van der Waals surface area contributed by atoms with Gasteiger partial charge in [0.05, 0.1) is 11.0 Å². The molecule has 2 N–H and O–H groups in total. The Kier molecular flexibility index (Phi) is 8.38. The van der Waals surface area contributed by atoms with Gasteiger partial charge in [0.2, 0.25) is 0 Å². The van der Waals surface area contributed by atoms with Crippen LogP contribution in [0.15, 0.2) is 23.0 Å². The van der Waals surface area contributed by atoms with Crippen molar-refractivity contribution < 1.29 is 4.79 Å². The molecule has 1 fully saturated rings. The summed E-state index contributed by atoms with van der Waals surface area (Å²) in [4.78, 5) is 30.2. The monoisotopic (exact) mass is 384 g/mol. The van der Waals surface area contributed by atoms with Crippen LogP contribution < -0.4 is 5.69 Å². The third kappa shape index (κ3) is 6.35. The van der Waals surface area contributed by atoms with E-state index in [-0.39, 0.29) is 11.5 Å². The van der Waals surface area contributed by atoms with Crippen LogP contribution in [0.1, 0.15) is 107 Å². The first-order valence-corrected chi connectivity index (χ1v) is 11.5. The quantitative estimate of drug-likeness (QED) is 0.592. The predicted octanol–water partition coefficient (Wildman–Crippen LogP) is 6.52. The van der Waals surface area contributed by atoms with Gasteiger partial charge in [-0.2, -0.15) is 0 Å². The zero-order valence-electron chi connectivity index (χ0n) is 17.2. The highest BCUT2D eigenvalue weighted by molar-refractivity contribution is 6.06. The van der Waals surface area contributed by atoms with E-state index in [1.54, 1.807) is 0 Å². The minimum atomic E-state index is -0.246. The fourth-order valence-corrected chi connectivity index (χ4v) is 4.65. The zero-order chi connectivity index (χ0) is 19.6. The zero-order valence-corrected chi connectivity index (χ0v) is 17.2. The molecule has 1 aliphatic carbocycles. The van der Waals surface area contributed by atoms with Crippen molar-refractivity contribution in [3.63, 3.8) is 0 Å². The van der Waals surface area contributed by atoms with E-state index in [1.165, 1.54) is 77.0 Å².